The Labute approximate surface area is 464 Å². The topological polar surface area (TPSA) is 6.48 Å². The van der Waals surface area contributed by atoms with Gasteiger partial charge in [0.1, 0.15) is 0 Å². The summed E-state index contributed by atoms with van der Waals surface area (Å²) in [7, 11) is 0. The molecule has 0 amide bonds. The van der Waals surface area contributed by atoms with Gasteiger partial charge in [-0.15, -0.1) is 0 Å². The van der Waals surface area contributed by atoms with Gasteiger partial charge in [0.05, 0.1) is 11.4 Å². The molecular weight excluding hydrogens is 917 g/mol. The van der Waals surface area contributed by atoms with E-state index in [4.69, 9.17) is 0 Å². The average molecular weight is 1020 g/mol. The Hall–Kier alpha value is -5.34. The van der Waals surface area contributed by atoms with Crippen molar-refractivity contribution in [2.75, 3.05) is 9.80 Å². The van der Waals surface area contributed by atoms with Crippen molar-refractivity contribution < 1.29 is 0 Å². The van der Waals surface area contributed by atoms with Crippen molar-refractivity contribution in [1.29, 1.82) is 0 Å². The number of anilines is 6. The highest BCUT2D eigenvalue weighted by Gasteiger charge is 2.29. The first-order valence-corrected chi connectivity index (χ1v) is 29.9. The van der Waals surface area contributed by atoms with E-state index in [0.29, 0.717) is 47.3 Å². The van der Waals surface area contributed by atoms with E-state index < -0.39 is 0 Å². The quantitative estimate of drug-likeness (QED) is 0.0493. The van der Waals surface area contributed by atoms with Gasteiger partial charge in [-0.3, -0.25) is 0 Å². The number of nitrogens with zero attached hydrogens (tertiary/aromatic N) is 2. The second-order valence-electron chi connectivity index (χ2n) is 27.7. The summed E-state index contributed by atoms with van der Waals surface area (Å²) in [6.07, 6.45) is 8.27. The molecule has 0 bridgehead atoms. The molecule has 0 atom stereocenters. The second-order valence-corrected chi connectivity index (χ2v) is 27.7. The average Bonchev–Trinajstić information content (AvgIpc) is 3.38. The molecule has 0 heterocycles. The normalized spacial score (nSPS) is 12.5. The van der Waals surface area contributed by atoms with Crippen LogP contribution in [-0.2, 0) is 56.8 Å². The Morgan fingerprint density at radius 2 is 0.500 bits per heavy atom. The molecule has 0 aliphatic carbocycles. The maximum Gasteiger partial charge on any atom is 0.0620 e. The van der Waals surface area contributed by atoms with Crippen LogP contribution in [0, 0.1) is 47.3 Å². The van der Waals surface area contributed by atoms with Crippen molar-refractivity contribution in [3.63, 3.8) is 0 Å². The van der Waals surface area contributed by atoms with E-state index in [9.17, 15) is 0 Å². The van der Waals surface area contributed by atoms with Crippen molar-refractivity contribution in [3.05, 3.63) is 165 Å². The minimum atomic E-state index is -0.0845. The molecule has 76 heavy (non-hydrogen) atoms. The third-order valence-corrected chi connectivity index (χ3v) is 14.6. The van der Waals surface area contributed by atoms with E-state index >= 15 is 0 Å². The SMILES string of the molecule is CC(C)Cc1cc(CC(C)C)cc(N(c2cc(CC(C)C)cc(CC(C)C)c2)c2c3ccccc3c(N(c3cc(CC(C)C)cc(CC(C)C)c3)c3cc(CC(C)C)cc(CC(C)C)c3)c3cc(C(C)(C)C)ccc23)c1. The number of hydrogen-bond acceptors (Lipinski definition) is 2. The fraction of sp³-hybridized carbons (Fsp3) is 0.486. The van der Waals surface area contributed by atoms with Gasteiger partial charge in [0.15, 0.2) is 0 Å². The fourth-order valence-corrected chi connectivity index (χ4v) is 12.1. The maximum absolute atomic E-state index is 2.72. The van der Waals surface area contributed by atoms with Gasteiger partial charge in [-0.05, 0) is 209 Å². The molecule has 2 nitrogen and oxygen atoms in total. The molecule has 0 aromatic heterocycles. The molecule has 0 N–H and O–H groups in total. The first kappa shape index (κ1) is 58.3. The van der Waals surface area contributed by atoms with Crippen LogP contribution in [0.3, 0.4) is 0 Å². The molecule has 0 aliphatic rings. The van der Waals surface area contributed by atoms with Crippen LogP contribution in [0.4, 0.5) is 34.1 Å². The Bertz CT molecular complexity index is 2810. The van der Waals surface area contributed by atoms with Crippen molar-refractivity contribution in [3.8, 4) is 0 Å². The lowest BCUT2D eigenvalue weighted by molar-refractivity contribution is 0.591. The van der Waals surface area contributed by atoms with Gasteiger partial charge < -0.3 is 9.80 Å². The third kappa shape index (κ3) is 15.0. The molecule has 0 radical (unpaired) electrons. The molecule has 2 heteroatoms. The molecule has 0 fully saturated rings. The van der Waals surface area contributed by atoms with E-state index in [-0.39, 0.29) is 5.41 Å². The first-order valence-electron chi connectivity index (χ1n) is 29.9. The molecule has 0 unspecified atom stereocenters. The van der Waals surface area contributed by atoms with E-state index in [0.717, 1.165) is 51.4 Å². The highest BCUT2D eigenvalue weighted by atomic mass is 15.2. The lowest BCUT2D eigenvalue weighted by atomic mass is 9.84. The number of fused-ring (bicyclic) bond motifs is 2. The van der Waals surface area contributed by atoms with Crippen LogP contribution in [0.2, 0.25) is 0 Å². The summed E-state index contributed by atoms with van der Waals surface area (Å²) in [6, 6.07) is 47.4. The van der Waals surface area contributed by atoms with Gasteiger partial charge >= 0.3 is 0 Å². The van der Waals surface area contributed by atoms with E-state index in [2.05, 4.69) is 257 Å². The number of benzene rings is 7. The van der Waals surface area contributed by atoms with Gasteiger partial charge in [-0.1, -0.05) is 192 Å². The molecule has 406 valence electrons. The van der Waals surface area contributed by atoms with Gasteiger partial charge in [-0.25, -0.2) is 0 Å². The first-order chi connectivity index (χ1) is 35.8. The van der Waals surface area contributed by atoms with Crippen LogP contribution in [0.5, 0.6) is 0 Å². The summed E-state index contributed by atoms with van der Waals surface area (Å²) in [5.74, 6) is 4.26. The van der Waals surface area contributed by atoms with Gasteiger partial charge in [-0.2, -0.15) is 0 Å². The minimum absolute atomic E-state index is 0.0845. The summed E-state index contributed by atoms with van der Waals surface area (Å²) in [5.41, 5.74) is 20.1. The Balaban J connectivity index is 1.74. The summed E-state index contributed by atoms with van der Waals surface area (Å²) in [5, 5.41) is 5.08. The van der Waals surface area contributed by atoms with Crippen molar-refractivity contribution in [1.82, 2.24) is 0 Å². The third-order valence-electron chi connectivity index (χ3n) is 14.6. The van der Waals surface area contributed by atoms with Crippen molar-refractivity contribution in [2.45, 2.75) is 188 Å². The molecular formula is C74H100N2. The molecule has 0 spiro atoms. The van der Waals surface area contributed by atoms with Crippen LogP contribution in [0.1, 0.15) is 182 Å². The Morgan fingerprint density at radius 1 is 0.276 bits per heavy atom. The molecule has 7 rings (SSSR count). The van der Waals surface area contributed by atoms with E-state index in [1.165, 1.54) is 106 Å². The van der Waals surface area contributed by atoms with Crippen LogP contribution >= 0.6 is 0 Å². The Morgan fingerprint density at radius 3 is 0.724 bits per heavy atom. The highest BCUT2D eigenvalue weighted by Crippen LogP contribution is 2.53. The zero-order chi connectivity index (χ0) is 55.3. The summed E-state index contributed by atoms with van der Waals surface area (Å²) < 4.78 is 0. The predicted molar refractivity (Wildman–Crippen MR) is 338 cm³/mol. The predicted octanol–water partition coefficient (Wildman–Crippen LogP) is 21.8. The van der Waals surface area contributed by atoms with Gasteiger partial charge in [0, 0.05) is 44.3 Å². The van der Waals surface area contributed by atoms with Crippen LogP contribution < -0.4 is 9.80 Å². The Kier molecular flexibility index (Phi) is 19.2. The van der Waals surface area contributed by atoms with Gasteiger partial charge in [0.2, 0.25) is 0 Å². The highest BCUT2D eigenvalue weighted by molar-refractivity contribution is 6.23. The van der Waals surface area contributed by atoms with Crippen LogP contribution in [-0.4, -0.2) is 0 Å². The minimum Gasteiger partial charge on any atom is -0.309 e. The number of hydrogen-bond donors (Lipinski definition) is 0. The smallest absolute Gasteiger partial charge is 0.0620 e. The zero-order valence-corrected chi connectivity index (χ0v) is 51.1. The molecule has 7 aromatic rings. The van der Waals surface area contributed by atoms with Crippen LogP contribution in [0.15, 0.2) is 115 Å². The molecule has 0 saturated carbocycles. The standard InChI is InChI=1S/C74H100N2/c1-47(2)26-55-34-56(27-48(3)4)39-64(38-55)75(65-40-57(28-49(5)6)35-58(41-65)29-50(7)8)72-68-22-20-21-23-69(68)73(71-46-63(74(17,18)19)24-25-70(71)72)76(66-42-59(30-51(9)10)36-60(43-66)31-52(11)12)67-44-61(32-53(13)14)37-62(45-67)33-54(15)16/h20-25,34-54H,26-33H2,1-19H3. The molecule has 7 aromatic carbocycles. The summed E-state index contributed by atoms with van der Waals surface area (Å²) >= 11 is 0. The van der Waals surface area contributed by atoms with Gasteiger partial charge in [0.25, 0.3) is 0 Å². The monoisotopic (exact) mass is 1020 g/mol. The van der Waals surface area contributed by atoms with Crippen molar-refractivity contribution in [2.24, 2.45) is 47.3 Å². The molecule has 0 saturated heterocycles. The number of rotatable bonds is 22. The van der Waals surface area contributed by atoms with E-state index in [1.54, 1.807) is 0 Å². The largest absolute Gasteiger partial charge is 0.309 e. The molecule has 0 aliphatic heterocycles. The lowest BCUT2D eigenvalue weighted by Gasteiger charge is -2.35. The van der Waals surface area contributed by atoms with Crippen molar-refractivity contribution >= 4 is 55.7 Å². The lowest BCUT2D eigenvalue weighted by Crippen LogP contribution is -2.17. The summed E-state index contributed by atoms with van der Waals surface area (Å²) in [4.78, 5) is 5.44. The zero-order valence-electron chi connectivity index (χ0n) is 51.1. The van der Waals surface area contributed by atoms with E-state index in [1.807, 2.05) is 0 Å². The second kappa shape index (κ2) is 25.0. The van der Waals surface area contributed by atoms with Crippen LogP contribution in [0.25, 0.3) is 21.5 Å². The fourth-order valence-electron chi connectivity index (χ4n) is 12.1. The maximum atomic E-state index is 2.72. The summed E-state index contributed by atoms with van der Waals surface area (Å²) in [6.45, 7) is 45.0.